The number of hydrogen-bond donors (Lipinski definition) is 1. The Bertz CT molecular complexity index is 1240. The molecule has 0 saturated carbocycles. The van der Waals surface area contributed by atoms with E-state index in [-0.39, 0.29) is 16.9 Å². The number of thiazole rings is 1. The Morgan fingerprint density at radius 2 is 2.06 bits per heavy atom. The molecule has 0 aliphatic carbocycles. The molecule has 1 N–H and O–H groups in total. The van der Waals surface area contributed by atoms with E-state index in [9.17, 15) is 17.6 Å². The van der Waals surface area contributed by atoms with Crippen LogP contribution in [0.1, 0.15) is 22.8 Å². The van der Waals surface area contributed by atoms with Crippen molar-refractivity contribution in [3.63, 3.8) is 0 Å². The van der Waals surface area contributed by atoms with Crippen LogP contribution in [-0.2, 0) is 10.0 Å². The third-order valence-corrected chi connectivity index (χ3v) is 6.67. The first kappa shape index (κ1) is 22.9. The SMILES string of the molecule is CCS(=O)(=O)NC(=O)c1ccc(F)cc1C=NN(C)c1nc(-c2ccccc2Cl)cs1. The zero-order valence-corrected chi connectivity index (χ0v) is 18.9. The molecule has 2 aromatic carbocycles. The van der Waals surface area contributed by atoms with Crippen LogP contribution in [0, 0.1) is 5.82 Å². The van der Waals surface area contributed by atoms with Crippen LogP contribution in [0.2, 0.25) is 5.02 Å². The molecule has 0 atom stereocenters. The van der Waals surface area contributed by atoms with Crippen molar-refractivity contribution in [1.82, 2.24) is 9.71 Å². The van der Waals surface area contributed by atoms with Crippen molar-refractivity contribution in [3.8, 4) is 11.3 Å². The van der Waals surface area contributed by atoms with Crippen molar-refractivity contribution in [2.75, 3.05) is 17.8 Å². The number of halogens is 2. The number of hydrazone groups is 1. The molecule has 1 aromatic heterocycles. The van der Waals surface area contributed by atoms with Crippen LogP contribution in [0.25, 0.3) is 11.3 Å². The fourth-order valence-electron chi connectivity index (χ4n) is 2.52. The number of nitrogens with zero attached hydrogens (tertiary/aromatic N) is 3. The first-order chi connectivity index (χ1) is 14.7. The summed E-state index contributed by atoms with van der Waals surface area (Å²) in [4.78, 5) is 16.8. The first-order valence-corrected chi connectivity index (χ1v) is 11.9. The Kier molecular flexibility index (Phi) is 7.04. The van der Waals surface area contributed by atoms with E-state index in [1.165, 1.54) is 35.6 Å². The number of rotatable bonds is 7. The maximum atomic E-state index is 13.7. The van der Waals surface area contributed by atoms with Gasteiger partial charge in [0, 0.05) is 34.1 Å². The fourth-order valence-corrected chi connectivity index (χ4v) is 4.04. The molecule has 11 heteroatoms. The quantitative estimate of drug-likeness (QED) is 0.405. The van der Waals surface area contributed by atoms with Gasteiger partial charge >= 0.3 is 0 Å². The molecule has 3 aromatic rings. The van der Waals surface area contributed by atoms with Gasteiger partial charge in [0.05, 0.1) is 17.7 Å². The minimum absolute atomic E-state index is 0.0218. The average Bonchev–Trinajstić information content (AvgIpc) is 3.22. The molecular weight excluding hydrogens is 463 g/mol. The maximum Gasteiger partial charge on any atom is 0.265 e. The zero-order valence-electron chi connectivity index (χ0n) is 16.5. The van der Waals surface area contributed by atoms with Gasteiger partial charge in [-0.3, -0.25) is 4.79 Å². The molecule has 162 valence electrons. The van der Waals surface area contributed by atoms with Gasteiger partial charge in [-0.15, -0.1) is 11.3 Å². The summed E-state index contributed by atoms with van der Waals surface area (Å²) in [5, 5.41) is 8.63. The van der Waals surface area contributed by atoms with Gasteiger partial charge in [-0.1, -0.05) is 29.8 Å². The number of anilines is 1. The van der Waals surface area contributed by atoms with Gasteiger partial charge in [0.15, 0.2) is 0 Å². The van der Waals surface area contributed by atoms with E-state index in [1.807, 2.05) is 28.3 Å². The Morgan fingerprint density at radius 1 is 1.32 bits per heavy atom. The number of carbonyl (C=O) groups excluding carboxylic acids is 1. The van der Waals surface area contributed by atoms with Gasteiger partial charge in [-0.2, -0.15) is 5.10 Å². The van der Waals surface area contributed by atoms with Crippen LogP contribution in [0.15, 0.2) is 52.9 Å². The van der Waals surface area contributed by atoms with Crippen LogP contribution in [0.3, 0.4) is 0 Å². The number of carbonyl (C=O) groups is 1. The van der Waals surface area contributed by atoms with Crippen LogP contribution in [0.4, 0.5) is 9.52 Å². The number of amides is 1. The van der Waals surface area contributed by atoms with E-state index >= 15 is 0 Å². The Hall–Kier alpha value is -2.82. The Morgan fingerprint density at radius 3 is 2.77 bits per heavy atom. The number of sulfonamides is 1. The number of nitrogens with one attached hydrogen (secondary N) is 1. The van der Waals surface area contributed by atoms with E-state index in [0.717, 1.165) is 17.7 Å². The lowest BCUT2D eigenvalue weighted by molar-refractivity contribution is 0.0981. The zero-order chi connectivity index (χ0) is 22.6. The largest absolute Gasteiger partial charge is 0.268 e. The first-order valence-electron chi connectivity index (χ1n) is 9.02. The topological polar surface area (TPSA) is 91.7 Å². The molecule has 0 radical (unpaired) electrons. The van der Waals surface area contributed by atoms with Crippen molar-refractivity contribution in [3.05, 3.63) is 69.8 Å². The summed E-state index contributed by atoms with van der Waals surface area (Å²) in [5.41, 5.74) is 1.57. The summed E-state index contributed by atoms with van der Waals surface area (Å²) in [7, 11) is -2.12. The highest BCUT2D eigenvalue weighted by atomic mass is 35.5. The van der Waals surface area contributed by atoms with Gasteiger partial charge in [-0.25, -0.2) is 27.5 Å². The molecule has 0 aliphatic rings. The molecule has 0 unspecified atom stereocenters. The molecule has 0 bridgehead atoms. The van der Waals surface area contributed by atoms with E-state index in [1.54, 1.807) is 13.1 Å². The lowest BCUT2D eigenvalue weighted by Crippen LogP contribution is -2.32. The minimum Gasteiger partial charge on any atom is -0.268 e. The van der Waals surface area contributed by atoms with Crippen LogP contribution in [-0.4, -0.2) is 38.3 Å². The Balaban J connectivity index is 1.84. The monoisotopic (exact) mass is 480 g/mol. The third kappa shape index (κ3) is 5.66. The van der Waals surface area contributed by atoms with Gasteiger partial charge in [-0.05, 0) is 31.2 Å². The molecule has 31 heavy (non-hydrogen) atoms. The second-order valence-corrected chi connectivity index (χ2v) is 9.58. The van der Waals surface area contributed by atoms with Crippen molar-refractivity contribution in [2.24, 2.45) is 5.10 Å². The summed E-state index contributed by atoms with van der Waals surface area (Å²) in [6.07, 6.45) is 1.27. The van der Waals surface area contributed by atoms with Crippen molar-refractivity contribution >= 4 is 50.2 Å². The van der Waals surface area contributed by atoms with E-state index in [4.69, 9.17) is 11.6 Å². The highest BCUT2D eigenvalue weighted by molar-refractivity contribution is 7.90. The predicted octanol–water partition coefficient (Wildman–Crippen LogP) is 4.15. The predicted molar refractivity (Wildman–Crippen MR) is 122 cm³/mol. The van der Waals surface area contributed by atoms with Gasteiger partial charge in [0.2, 0.25) is 15.2 Å². The molecule has 3 rings (SSSR count). The fraction of sp³-hybridized carbons (Fsp3) is 0.150. The summed E-state index contributed by atoms with van der Waals surface area (Å²) in [6, 6.07) is 10.7. The second kappa shape index (κ2) is 9.54. The molecule has 0 aliphatic heterocycles. The van der Waals surface area contributed by atoms with Gasteiger partial charge in [0.25, 0.3) is 5.91 Å². The third-order valence-electron chi connectivity index (χ3n) is 4.18. The molecule has 7 nitrogen and oxygen atoms in total. The summed E-state index contributed by atoms with van der Waals surface area (Å²) in [6.45, 7) is 1.41. The lowest BCUT2D eigenvalue weighted by Gasteiger charge is -2.10. The van der Waals surface area contributed by atoms with Crippen molar-refractivity contribution < 1.29 is 17.6 Å². The molecule has 0 spiro atoms. The second-order valence-electron chi connectivity index (χ2n) is 6.33. The van der Waals surface area contributed by atoms with Crippen molar-refractivity contribution in [2.45, 2.75) is 6.92 Å². The lowest BCUT2D eigenvalue weighted by atomic mass is 10.1. The molecule has 1 amide bonds. The molecular formula is C20H18ClFN4O3S2. The van der Waals surface area contributed by atoms with Crippen LogP contribution < -0.4 is 9.73 Å². The summed E-state index contributed by atoms with van der Waals surface area (Å²) >= 11 is 7.54. The number of hydrogen-bond acceptors (Lipinski definition) is 7. The van der Waals surface area contributed by atoms with Gasteiger partial charge < -0.3 is 0 Å². The van der Waals surface area contributed by atoms with E-state index in [2.05, 4.69) is 10.1 Å². The summed E-state index contributed by atoms with van der Waals surface area (Å²) < 4.78 is 39.1. The van der Waals surface area contributed by atoms with Gasteiger partial charge in [0.1, 0.15) is 5.82 Å². The Labute approximate surface area is 188 Å². The minimum atomic E-state index is -3.76. The standard InChI is InChI=1S/C20H18ClFN4O3S2/c1-3-31(28,29)25-19(27)15-9-8-14(22)10-13(15)11-23-26(2)20-24-18(12-30-20)16-6-4-5-7-17(16)21/h4-12H,3H2,1-2H3,(H,25,27). The number of aromatic nitrogens is 1. The van der Waals surface area contributed by atoms with Crippen LogP contribution >= 0.6 is 22.9 Å². The molecule has 1 heterocycles. The highest BCUT2D eigenvalue weighted by Crippen LogP contribution is 2.31. The highest BCUT2D eigenvalue weighted by Gasteiger charge is 2.17. The smallest absolute Gasteiger partial charge is 0.265 e. The summed E-state index contributed by atoms with van der Waals surface area (Å²) in [5.74, 6) is -1.71. The maximum absolute atomic E-state index is 13.7. The number of benzene rings is 2. The molecule has 0 saturated heterocycles. The van der Waals surface area contributed by atoms with E-state index in [0.29, 0.717) is 15.8 Å². The normalized spacial score (nSPS) is 11.6. The molecule has 0 fully saturated rings. The van der Waals surface area contributed by atoms with Crippen molar-refractivity contribution in [1.29, 1.82) is 0 Å². The van der Waals surface area contributed by atoms with E-state index < -0.39 is 21.7 Å². The van der Waals surface area contributed by atoms with Crippen LogP contribution in [0.5, 0.6) is 0 Å². The average molecular weight is 481 g/mol.